The topological polar surface area (TPSA) is 109 Å². The summed E-state index contributed by atoms with van der Waals surface area (Å²) in [7, 11) is 1.59. The molecule has 0 aliphatic rings. The van der Waals surface area contributed by atoms with Crippen LogP contribution in [-0.2, 0) is 9.59 Å². The molecule has 1 heterocycles. The maximum absolute atomic E-state index is 12.1. The Morgan fingerprint density at radius 2 is 1.89 bits per heavy atom. The first-order valence-corrected chi connectivity index (χ1v) is 9.39. The van der Waals surface area contributed by atoms with E-state index in [2.05, 4.69) is 25.8 Å². The molecule has 0 saturated carbocycles. The van der Waals surface area contributed by atoms with Crippen LogP contribution in [0.2, 0.25) is 0 Å². The van der Waals surface area contributed by atoms with E-state index in [0.29, 0.717) is 22.4 Å². The number of carbonyl (C=O) groups is 2. The van der Waals surface area contributed by atoms with Crippen molar-refractivity contribution in [2.45, 2.75) is 12.1 Å². The monoisotopic (exact) mass is 397 g/mol. The fourth-order valence-corrected chi connectivity index (χ4v) is 2.99. The van der Waals surface area contributed by atoms with Crippen molar-refractivity contribution in [2.75, 3.05) is 23.5 Å². The number of H-pyrrole nitrogens is 1. The fraction of sp³-hybridized carbons (Fsp3) is 0.158. The van der Waals surface area contributed by atoms with Crippen LogP contribution < -0.4 is 15.4 Å². The number of benzene rings is 2. The van der Waals surface area contributed by atoms with Crippen LogP contribution in [0.1, 0.15) is 6.92 Å². The summed E-state index contributed by atoms with van der Waals surface area (Å²) in [6.07, 6.45) is 0. The second-order valence-corrected chi connectivity index (χ2v) is 6.74. The molecule has 0 saturated heterocycles. The number of carbonyl (C=O) groups excluding carboxylic acids is 2. The highest BCUT2D eigenvalue weighted by molar-refractivity contribution is 7.99. The predicted molar refractivity (Wildman–Crippen MR) is 108 cm³/mol. The van der Waals surface area contributed by atoms with Crippen LogP contribution in [0.25, 0.3) is 11.4 Å². The normalized spacial score (nSPS) is 10.4. The summed E-state index contributed by atoms with van der Waals surface area (Å²) in [5, 5.41) is 13.0. The number of nitrogens with one attached hydrogen (secondary N) is 3. The van der Waals surface area contributed by atoms with Crippen molar-refractivity contribution in [3.05, 3.63) is 48.5 Å². The number of hydrogen-bond donors (Lipinski definition) is 3. The van der Waals surface area contributed by atoms with Crippen molar-refractivity contribution in [3.63, 3.8) is 0 Å². The molecule has 0 spiro atoms. The van der Waals surface area contributed by atoms with E-state index >= 15 is 0 Å². The predicted octanol–water partition coefficient (Wildman–Crippen LogP) is 3.17. The summed E-state index contributed by atoms with van der Waals surface area (Å²) in [5.74, 6) is 1.16. The van der Waals surface area contributed by atoms with Crippen molar-refractivity contribution < 1.29 is 14.3 Å². The van der Waals surface area contributed by atoms with E-state index < -0.39 is 0 Å². The van der Waals surface area contributed by atoms with Crippen molar-refractivity contribution in [3.8, 4) is 17.1 Å². The zero-order valence-corrected chi connectivity index (χ0v) is 16.2. The fourth-order valence-electron chi connectivity index (χ4n) is 2.39. The number of rotatable bonds is 7. The molecule has 0 atom stereocenters. The largest absolute Gasteiger partial charge is 0.497 e. The Morgan fingerprint density at radius 1 is 1.11 bits per heavy atom. The molecule has 9 heteroatoms. The molecular formula is C19H19N5O3S. The van der Waals surface area contributed by atoms with E-state index in [-0.39, 0.29) is 17.6 Å². The highest BCUT2D eigenvalue weighted by atomic mass is 32.2. The zero-order chi connectivity index (χ0) is 19.9. The summed E-state index contributed by atoms with van der Waals surface area (Å²) < 4.78 is 5.09. The quantitative estimate of drug-likeness (QED) is 0.529. The van der Waals surface area contributed by atoms with E-state index in [1.807, 2.05) is 12.1 Å². The zero-order valence-electron chi connectivity index (χ0n) is 15.4. The molecule has 0 aliphatic carbocycles. The average Bonchev–Trinajstić information content (AvgIpc) is 3.16. The van der Waals surface area contributed by atoms with Gasteiger partial charge in [-0.3, -0.25) is 14.7 Å². The summed E-state index contributed by atoms with van der Waals surface area (Å²) in [4.78, 5) is 27.7. The van der Waals surface area contributed by atoms with E-state index in [1.165, 1.54) is 18.7 Å². The van der Waals surface area contributed by atoms with Crippen LogP contribution in [0.5, 0.6) is 5.75 Å². The molecule has 0 fully saturated rings. The van der Waals surface area contributed by atoms with Gasteiger partial charge in [0.15, 0.2) is 5.82 Å². The molecule has 0 unspecified atom stereocenters. The molecule has 2 amide bonds. The third-order valence-electron chi connectivity index (χ3n) is 3.63. The first-order valence-electron chi connectivity index (χ1n) is 8.40. The third-order valence-corrected chi connectivity index (χ3v) is 4.47. The summed E-state index contributed by atoms with van der Waals surface area (Å²) in [6.45, 7) is 1.45. The number of anilines is 2. The molecule has 144 valence electrons. The van der Waals surface area contributed by atoms with Gasteiger partial charge in [0.1, 0.15) is 5.75 Å². The second kappa shape index (κ2) is 9.05. The van der Waals surface area contributed by atoms with Gasteiger partial charge in [0.2, 0.25) is 17.0 Å². The Kier molecular flexibility index (Phi) is 6.28. The number of aromatic amines is 1. The van der Waals surface area contributed by atoms with Gasteiger partial charge in [0.25, 0.3) is 0 Å². The van der Waals surface area contributed by atoms with Gasteiger partial charge in [-0.1, -0.05) is 23.9 Å². The van der Waals surface area contributed by atoms with Gasteiger partial charge in [0.05, 0.1) is 12.9 Å². The lowest BCUT2D eigenvalue weighted by Crippen LogP contribution is -2.14. The average molecular weight is 397 g/mol. The number of hydrogen-bond acceptors (Lipinski definition) is 6. The van der Waals surface area contributed by atoms with Gasteiger partial charge in [0, 0.05) is 23.9 Å². The highest BCUT2D eigenvalue weighted by Crippen LogP contribution is 2.22. The number of thioether (sulfide) groups is 1. The maximum atomic E-state index is 12.1. The molecular weight excluding hydrogens is 378 g/mol. The minimum absolute atomic E-state index is 0.145. The lowest BCUT2D eigenvalue weighted by Gasteiger charge is -2.05. The minimum atomic E-state index is -0.158. The van der Waals surface area contributed by atoms with Gasteiger partial charge in [-0.05, 0) is 36.4 Å². The van der Waals surface area contributed by atoms with Gasteiger partial charge in [-0.2, -0.15) is 0 Å². The highest BCUT2D eigenvalue weighted by Gasteiger charge is 2.10. The molecule has 2 aromatic carbocycles. The van der Waals surface area contributed by atoms with Gasteiger partial charge in [-0.25, -0.2) is 4.98 Å². The van der Waals surface area contributed by atoms with Crippen LogP contribution in [0.15, 0.2) is 53.7 Å². The second-order valence-electron chi connectivity index (χ2n) is 5.79. The number of amides is 2. The lowest BCUT2D eigenvalue weighted by molar-refractivity contribution is -0.114. The number of aromatic nitrogens is 3. The van der Waals surface area contributed by atoms with Gasteiger partial charge >= 0.3 is 0 Å². The number of methoxy groups -OCH3 is 1. The lowest BCUT2D eigenvalue weighted by atomic mass is 10.2. The van der Waals surface area contributed by atoms with Crippen molar-refractivity contribution in [1.29, 1.82) is 0 Å². The van der Waals surface area contributed by atoms with Crippen LogP contribution in [-0.4, -0.2) is 39.9 Å². The van der Waals surface area contributed by atoms with Gasteiger partial charge < -0.3 is 15.4 Å². The van der Waals surface area contributed by atoms with E-state index in [0.717, 1.165) is 11.3 Å². The van der Waals surface area contributed by atoms with Crippen LogP contribution in [0, 0.1) is 0 Å². The van der Waals surface area contributed by atoms with Gasteiger partial charge in [-0.15, -0.1) is 5.10 Å². The van der Waals surface area contributed by atoms with E-state index in [4.69, 9.17) is 4.74 Å². The molecule has 0 aliphatic heterocycles. The van der Waals surface area contributed by atoms with Crippen molar-refractivity contribution in [1.82, 2.24) is 15.2 Å². The molecule has 3 N–H and O–H groups in total. The van der Waals surface area contributed by atoms with E-state index in [1.54, 1.807) is 43.5 Å². The van der Waals surface area contributed by atoms with Crippen LogP contribution in [0.3, 0.4) is 0 Å². The molecule has 0 radical (unpaired) electrons. The minimum Gasteiger partial charge on any atom is -0.497 e. The number of nitrogens with zero attached hydrogens (tertiary/aromatic N) is 2. The molecule has 8 nitrogen and oxygen atoms in total. The Labute approximate surface area is 166 Å². The third kappa shape index (κ3) is 5.34. The Morgan fingerprint density at radius 3 is 2.61 bits per heavy atom. The van der Waals surface area contributed by atoms with Crippen LogP contribution in [0.4, 0.5) is 11.4 Å². The molecule has 28 heavy (non-hydrogen) atoms. The van der Waals surface area contributed by atoms with Crippen LogP contribution >= 0.6 is 11.8 Å². The van der Waals surface area contributed by atoms with Crippen molar-refractivity contribution in [2.24, 2.45) is 0 Å². The first kappa shape index (κ1) is 19.4. The SMILES string of the molecule is COc1ccc(NC(=O)CSc2n[nH]c(-c3cccc(NC(C)=O)c3)n2)cc1. The summed E-state index contributed by atoms with van der Waals surface area (Å²) in [6, 6.07) is 14.4. The first-order chi connectivity index (χ1) is 13.5. The number of ether oxygens (including phenoxy) is 1. The van der Waals surface area contributed by atoms with Crippen molar-refractivity contribution >= 4 is 35.0 Å². The standard InChI is InChI=1S/C19H19N5O3S/c1-12(25)20-15-5-3-4-13(10-15)18-22-19(24-23-18)28-11-17(26)21-14-6-8-16(27-2)9-7-14/h3-10H,11H2,1-2H3,(H,20,25)(H,21,26)(H,22,23,24). The molecule has 3 rings (SSSR count). The molecule has 1 aromatic heterocycles. The summed E-state index contributed by atoms with van der Waals surface area (Å²) >= 11 is 1.23. The van der Waals surface area contributed by atoms with E-state index in [9.17, 15) is 9.59 Å². The smallest absolute Gasteiger partial charge is 0.234 e. The Balaban J connectivity index is 1.57. The Bertz CT molecular complexity index is 972. The maximum Gasteiger partial charge on any atom is 0.234 e. The summed E-state index contributed by atoms with van der Waals surface area (Å²) in [5.41, 5.74) is 2.15. The molecule has 3 aromatic rings. The molecule has 0 bridgehead atoms. The Hall–Kier alpha value is -3.33.